The number of methoxy groups -OCH3 is 1. The molecule has 0 radical (unpaired) electrons. The molecular weight excluding hydrogens is 236 g/mol. The summed E-state index contributed by atoms with van der Waals surface area (Å²) in [6.45, 7) is 6.45. The van der Waals surface area contributed by atoms with Crippen LogP contribution >= 0.6 is 11.8 Å². The summed E-state index contributed by atoms with van der Waals surface area (Å²) in [6.07, 6.45) is 1.55. The van der Waals surface area contributed by atoms with Crippen molar-refractivity contribution in [3.05, 3.63) is 18.1 Å². The highest BCUT2D eigenvalue weighted by molar-refractivity contribution is 7.99. The van der Waals surface area contributed by atoms with Crippen molar-refractivity contribution in [2.45, 2.75) is 31.2 Å². The Morgan fingerprint density at radius 3 is 2.71 bits per heavy atom. The summed E-state index contributed by atoms with van der Waals surface area (Å²) >= 11 is 1.42. The van der Waals surface area contributed by atoms with Crippen LogP contribution in [-0.4, -0.2) is 35.2 Å². The molecule has 1 heterocycles. The van der Waals surface area contributed by atoms with Crippen molar-refractivity contribution in [3.63, 3.8) is 0 Å². The average Bonchev–Trinajstić information content (AvgIpc) is 2.26. The molecule has 94 valence electrons. The van der Waals surface area contributed by atoms with E-state index in [1.165, 1.54) is 18.9 Å². The summed E-state index contributed by atoms with van der Waals surface area (Å²) in [5, 5.41) is 0.828. The summed E-state index contributed by atoms with van der Waals surface area (Å²) in [7, 11) is 1.52. The molecule has 0 unspecified atom stereocenters. The topological polar surface area (TPSA) is 52.1 Å². The van der Waals surface area contributed by atoms with Crippen molar-refractivity contribution in [2.75, 3.05) is 19.5 Å². The maximum absolute atomic E-state index is 11.3. The fourth-order valence-electron chi connectivity index (χ4n) is 1.19. The number of carbonyl (C=O) groups excluding carboxylic acids is 1. The number of nitrogens with zero attached hydrogens (tertiary/aromatic N) is 2. The third-order valence-electron chi connectivity index (χ3n) is 2.10. The fraction of sp³-hybridized carbons (Fsp3) is 0.583. The highest BCUT2D eigenvalue weighted by Crippen LogP contribution is 2.23. The molecule has 0 bridgehead atoms. The van der Waals surface area contributed by atoms with Gasteiger partial charge in [-0.25, -0.2) is 9.97 Å². The lowest BCUT2D eigenvalue weighted by molar-refractivity contribution is -0.120. The molecule has 0 atom stereocenters. The zero-order chi connectivity index (χ0) is 12.9. The quantitative estimate of drug-likeness (QED) is 0.595. The maximum atomic E-state index is 11.3. The summed E-state index contributed by atoms with van der Waals surface area (Å²) in [5.74, 6) is 0.447. The lowest BCUT2D eigenvalue weighted by atomic mass is 9.92. The Morgan fingerprint density at radius 1 is 1.41 bits per heavy atom. The van der Waals surface area contributed by atoms with Crippen molar-refractivity contribution in [2.24, 2.45) is 0 Å². The van der Waals surface area contributed by atoms with Gasteiger partial charge < -0.3 is 4.74 Å². The van der Waals surface area contributed by atoms with E-state index in [9.17, 15) is 4.79 Å². The third kappa shape index (κ3) is 4.83. The molecule has 1 rings (SSSR count). The predicted molar refractivity (Wildman–Crippen MR) is 68.3 cm³/mol. The Kier molecular flexibility index (Phi) is 5.08. The van der Waals surface area contributed by atoms with E-state index >= 15 is 0 Å². The number of thioether (sulfide) groups is 1. The molecule has 0 aliphatic rings. The molecule has 0 saturated heterocycles. The van der Waals surface area contributed by atoms with Gasteiger partial charge in [0.15, 0.2) is 5.78 Å². The number of hydrogen-bond donors (Lipinski definition) is 0. The van der Waals surface area contributed by atoms with Crippen LogP contribution in [0, 0.1) is 0 Å². The van der Waals surface area contributed by atoms with Gasteiger partial charge in [-0.15, -0.1) is 0 Å². The molecule has 5 heteroatoms. The first-order chi connectivity index (χ1) is 7.93. The average molecular weight is 254 g/mol. The van der Waals surface area contributed by atoms with E-state index in [1.54, 1.807) is 6.33 Å². The van der Waals surface area contributed by atoms with Crippen LogP contribution in [0.3, 0.4) is 0 Å². The van der Waals surface area contributed by atoms with Crippen molar-refractivity contribution in [1.29, 1.82) is 0 Å². The van der Waals surface area contributed by atoms with E-state index in [2.05, 4.69) is 30.7 Å². The van der Waals surface area contributed by atoms with Crippen LogP contribution in [0.25, 0.3) is 0 Å². The molecule has 0 aliphatic carbocycles. The highest BCUT2D eigenvalue weighted by atomic mass is 32.2. The van der Waals surface area contributed by atoms with Gasteiger partial charge in [-0.1, -0.05) is 32.5 Å². The van der Waals surface area contributed by atoms with Gasteiger partial charge >= 0.3 is 0 Å². The number of carbonyl (C=O) groups is 1. The van der Waals surface area contributed by atoms with Gasteiger partial charge in [0.25, 0.3) is 0 Å². The molecule has 0 spiro atoms. The fourth-order valence-corrected chi connectivity index (χ4v) is 1.89. The molecule has 1 aromatic rings. The standard InChI is InChI=1S/C12H18N2O2S/c1-12(2,3)10-5-11(14-8-13-10)17-7-9(15)6-16-4/h5,8H,6-7H2,1-4H3. The molecular formula is C12H18N2O2S. The molecule has 0 aromatic carbocycles. The summed E-state index contributed by atoms with van der Waals surface area (Å²) in [6, 6.07) is 1.94. The molecule has 4 nitrogen and oxygen atoms in total. The molecule has 0 aliphatic heterocycles. The van der Waals surface area contributed by atoms with Gasteiger partial charge in [-0.2, -0.15) is 0 Å². The van der Waals surface area contributed by atoms with Crippen LogP contribution in [0.2, 0.25) is 0 Å². The van der Waals surface area contributed by atoms with Crippen molar-refractivity contribution in [1.82, 2.24) is 9.97 Å². The van der Waals surface area contributed by atoms with Crippen molar-refractivity contribution >= 4 is 17.5 Å². The number of ether oxygens (including phenoxy) is 1. The smallest absolute Gasteiger partial charge is 0.168 e. The first-order valence-corrected chi connectivity index (χ1v) is 6.38. The molecule has 17 heavy (non-hydrogen) atoms. The molecule has 0 amide bonds. The number of Topliss-reactive ketones (excluding diaryl/α,β-unsaturated/α-hetero) is 1. The Hall–Kier alpha value is -0.940. The second kappa shape index (κ2) is 6.12. The maximum Gasteiger partial charge on any atom is 0.168 e. The van der Waals surface area contributed by atoms with Gasteiger partial charge in [-0.3, -0.25) is 4.79 Å². The van der Waals surface area contributed by atoms with Gasteiger partial charge in [0.05, 0.1) is 11.4 Å². The zero-order valence-electron chi connectivity index (χ0n) is 10.7. The van der Waals surface area contributed by atoms with E-state index in [1.807, 2.05) is 6.07 Å². The molecule has 0 saturated carbocycles. The van der Waals surface area contributed by atoms with E-state index in [0.717, 1.165) is 10.7 Å². The van der Waals surface area contributed by atoms with E-state index in [0.29, 0.717) is 5.75 Å². The van der Waals surface area contributed by atoms with Crippen LogP contribution in [0.15, 0.2) is 17.4 Å². The second-order valence-electron chi connectivity index (χ2n) is 4.75. The predicted octanol–water partition coefficient (Wildman–Crippen LogP) is 2.08. The van der Waals surface area contributed by atoms with Crippen LogP contribution in [0.5, 0.6) is 0 Å². The minimum absolute atomic E-state index is 0.00517. The van der Waals surface area contributed by atoms with Crippen LogP contribution < -0.4 is 0 Å². The van der Waals surface area contributed by atoms with E-state index in [4.69, 9.17) is 4.74 Å². The minimum Gasteiger partial charge on any atom is -0.377 e. The van der Waals surface area contributed by atoms with Gasteiger partial charge in [0, 0.05) is 12.5 Å². The first-order valence-electron chi connectivity index (χ1n) is 5.39. The largest absolute Gasteiger partial charge is 0.377 e. The van der Waals surface area contributed by atoms with Gasteiger partial charge in [0.2, 0.25) is 0 Å². The van der Waals surface area contributed by atoms with Gasteiger partial charge in [0.1, 0.15) is 18.0 Å². The Labute approximate surface area is 106 Å². The van der Waals surface area contributed by atoms with Crippen LogP contribution in [0.4, 0.5) is 0 Å². The molecule has 0 fully saturated rings. The van der Waals surface area contributed by atoms with E-state index < -0.39 is 0 Å². The highest BCUT2D eigenvalue weighted by Gasteiger charge is 2.16. The number of ketones is 1. The summed E-state index contributed by atoms with van der Waals surface area (Å²) in [4.78, 5) is 19.7. The lowest BCUT2D eigenvalue weighted by Crippen LogP contribution is -2.14. The zero-order valence-corrected chi connectivity index (χ0v) is 11.5. The summed E-state index contributed by atoms with van der Waals surface area (Å²) in [5.41, 5.74) is 0.976. The summed E-state index contributed by atoms with van der Waals surface area (Å²) < 4.78 is 4.77. The Morgan fingerprint density at radius 2 is 2.12 bits per heavy atom. The van der Waals surface area contributed by atoms with E-state index in [-0.39, 0.29) is 17.8 Å². The third-order valence-corrected chi connectivity index (χ3v) is 3.08. The number of hydrogen-bond acceptors (Lipinski definition) is 5. The lowest BCUT2D eigenvalue weighted by Gasteiger charge is -2.17. The Balaban J connectivity index is 2.64. The number of aromatic nitrogens is 2. The normalized spacial score (nSPS) is 11.5. The number of rotatable bonds is 5. The van der Waals surface area contributed by atoms with Crippen LogP contribution in [-0.2, 0) is 14.9 Å². The Bertz CT molecular complexity index is 388. The first kappa shape index (κ1) is 14.1. The minimum atomic E-state index is -0.00517. The molecule has 1 aromatic heterocycles. The van der Waals surface area contributed by atoms with Crippen molar-refractivity contribution in [3.8, 4) is 0 Å². The monoisotopic (exact) mass is 254 g/mol. The molecule has 0 N–H and O–H groups in total. The second-order valence-corrected chi connectivity index (χ2v) is 5.75. The van der Waals surface area contributed by atoms with Crippen molar-refractivity contribution < 1.29 is 9.53 Å². The van der Waals surface area contributed by atoms with Crippen LogP contribution in [0.1, 0.15) is 26.5 Å². The SMILES string of the molecule is COCC(=O)CSc1cc(C(C)(C)C)ncn1. The van der Waals surface area contributed by atoms with Gasteiger partial charge in [-0.05, 0) is 6.07 Å².